The van der Waals surface area contributed by atoms with Crippen LogP contribution in [0.1, 0.15) is 27.8 Å². The summed E-state index contributed by atoms with van der Waals surface area (Å²) in [5.41, 5.74) is 17.6. The van der Waals surface area contributed by atoms with E-state index in [4.69, 9.17) is 14.7 Å². The Labute approximate surface area is 332 Å². The zero-order chi connectivity index (χ0) is 37.9. The minimum atomic E-state index is -0.510. The maximum absolute atomic E-state index is 6.72. The number of aryl methyl sites for hydroxylation is 1. The Morgan fingerprint density at radius 1 is 0.351 bits per heavy atom. The lowest BCUT2D eigenvalue weighted by Gasteiger charge is -2.39. The van der Waals surface area contributed by atoms with E-state index in [1.54, 1.807) is 0 Å². The third kappa shape index (κ3) is 5.27. The predicted molar refractivity (Wildman–Crippen MR) is 231 cm³/mol. The van der Waals surface area contributed by atoms with Gasteiger partial charge in [-0.1, -0.05) is 164 Å². The number of aromatic nitrogens is 2. The molecule has 0 radical (unpaired) electrons. The van der Waals surface area contributed by atoms with E-state index < -0.39 is 5.41 Å². The second-order valence-electron chi connectivity index (χ2n) is 15.0. The van der Waals surface area contributed by atoms with E-state index in [0.29, 0.717) is 5.82 Å². The van der Waals surface area contributed by atoms with Crippen molar-refractivity contribution < 1.29 is 4.74 Å². The van der Waals surface area contributed by atoms with Crippen LogP contribution in [0.2, 0.25) is 0 Å². The summed E-state index contributed by atoms with van der Waals surface area (Å²) in [5.74, 6) is 2.50. The number of rotatable bonds is 5. The van der Waals surface area contributed by atoms with Gasteiger partial charge in [-0.3, -0.25) is 0 Å². The van der Waals surface area contributed by atoms with Crippen LogP contribution in [0.15, 0.2) is 200 Å². The van der Waals surface area contributed by atoms with Crippen LogP contribution in [-0.4, -0.2) is 9.97 Å². The number of benzene rings is 8. The van der Waals surface area contributed by atoms with E-state index in [0.717, 1.165) is 61.8 Å². The van der Waals surface area contributed by atoms with Crippen LogP contribution < -0.4 is 4.74 Å². The summed E-state index contributed by atoms with van der Waals surface area (Å²) in [7, 11) is 0. The first kappa shape index (κ1) is 33.0. The summed E-state index contributed by atoms with van der Waals surface area (Å²) in [6.07, 6.45) is 0. The molecule has 3 nitrogen and oxygen atoms in total. The standard InChI is InChI=1S/C54H36N2O/c1-35-27-28-38(32-44(35)40-19-14-20-41(31-40)50-34-49(36-15-4-2-5-16-36)55-53(56-50)37-17-6-3-7-18-37)39-29-30-52-48(33-39)54(47-25-12-13-26-51(47)57-52)45-23-10-8-21-42(45)43-22-9-11-24-46(43)54/h2-34H,1H3. The lowest BCUT2D eigenvalue weighted by atomic mass is 9.66. The highest BCUT2D eigenvalue weighted by Gasteiger charge is 2.51. The normalized spacial score (nSPS) is 12.9. The lowest BCUT2D eigenvalue weighted by molar-refractivity contribution is 0.436. The van der Waals surface area contributed by atoms with Gasteiger partial charge in [0.05, 0.1) is 16.8 Å². The molecule has 3 heteroatoms. The molecular formula is C54H36N2O. The molecule has 0 amide bonds. The molecule has 0 fully saturated rings. The molecule has 2 heterocycles. The second-order valence-corrected chi connectivity index (χ2v) is 15.0. The first-order valence-electron chi connectivity index (χ1n) is 19.5. The van der Waals surface area contributed by atoms with Gasteiger partial charge in [0.1, 0.15) is 11.5 Å². The van der Waals surface area contributed by atoms with Crippen molar-refractivity contribution in [2.75, 3.05) is 0 Å². The van der Waals surface area contributed by atoms with E-state index >= 15 is 0 Å². The Bertz CT molecular complexity index is 2900. The van der Waals surface area contributed by atoms with Gasteiger partial charge in [-0.2, -0.15) is 0 Å². The predicted octanol–water partition coefficient (Wildman–Crippen LogP) is 13.6. The molecule has 1 spiro atoms. The Morgan fingerprint density at radius 2 is 0.895 bits per heavy atom. The van der Waals surface area contributed by atoms with Gasteiger partial charge in [-0.05, 0) is 93.4 Å². The van der Waals surface area contributed by atoms with Crippen LogP contribution in [0.3, 0.4) is 0 Å². The van der Waals surface area contributed by atoms with Crippen molar-refractivity contribution in [1.82, 2.24) is 9.97 Å². The zero-order valence-corrected chi connectivity index (χ0v) is 31.4. The molecule has 11 rings (SSSR count). The van der Waals surface area contributed by atoms with Crippen molar-refractivity contribution in [2.24, 2.45) is 0 Å². The van der Waals surface area contributed by atoms with Crippen molar-refractivity contribution in [3.8, 4) is 78.8 Å². The van der Waals surface area contributed by atoms with Crippen molar-refractivity contribution in [1.29, 1.82) is 0 Å². The number of hydrogen-bond donors (Lipinski definition) is 0. The van der Waals surface area contributed by atoms with Gasteiger partial charge in [-0.25, -0.2) is 9.97 Å². The van der Waals surface area contributed by atoms with Crippen LogP contribution in [0.4, 0.5) is 0 Å². The lowest BCUT2D eigenvalue weighted by Crippen LogP contribution is -2.32. The van der Waals surface area contributed by atoms with Crippen molar-refractivity contribution in [3.63, 3.8) is 0 Å². The fourth-order valence-corrected chi connectivity index (χ4v) is 9.06. The summed E-state index contributed by atoms with van der Waals surface area (Å²) < 4.78 is 6.72. The van der Waals surface area contributed by atoms with E-state index in [1.807, 2.05) is 24.3 Å². The average molecular weight is 729 g/mol. The second kappa shape index (κ2) is 13.1. The first-order valence-corrected chi connectivity index (χ1v) is 19.5. The molecule has 0 atom stereocenters. The van der Waals surface area contributed by atoms with Gasteiger partial charge < -0.3 is 4.74 Å². The molecule has 0 N–H and O–H groups in total. The molecule has 1 aromatic heterocycles. The van der Waals surface area contributed by atoms with E-state index in [9.17, 15) is 0 Å². The molecule has 8 aromatic carbocycles. The SMILES string of the molecule is Cc1ccc(-c2ccc3c(c2)C2(c4ccccc4O3)c3ccccc3-c3ccccc32)cc1-c1cccc(-c2cc(-c3ccccc3)nc(-c3ccccc3)n2)c1. The number of fused-ring (bicyclic) bond motifs is 9. The zero-order valence-electron chi connectivity index (χ0n) is 31.4. The monoisotopic (exact) mass is 728 g/mol. The molecule has 0 saturated heterocycles. The highest BCUT2D eigenvalue weighted by molar-refractivity contribution is 5.89. The largest absolute Gasteiger partial charge is 0.457 e. The van der Waals surface area contributed by atoms with Crippen molar-refractivity contribution >= 4 is 0 Å². The van der Waals surface area contributed by atoms with Crippen molar-refractivity contribution in [3.05, 3.63) is 228 Å². The van der Waals surface area contributed by atoms with Crippen LogP contribution in [0.25, 0.3) is 67.3 Å². The molecular weight excluding hydrogens is 693 g/mol. The Morgan fingerprint density at radius 3 is 1.63 bits per heavy atom. The molecule has 1 aliphatic heterocycles. The molecule has 2 aliphatic rings. The molecule has 57 heavy (non-hydrogen) atoms. The fraction of sp³-hybridized carbons (Fsp3) is 0.0370. The topological polar surface area (TPSA) is 35.0 Å². The van der Waals surface area contributed by atoms with E-state index in [2.05, 4.69) is 183 Å². The van der Waals surface area contributed by atoms with Gasteiger partial charge in [0.25, 0.3) is 0 Å². The molecule has 1 aliphatic carbocycles. The molecule has 268 valence electrons. The fourth-order valence-electron chi connectivity index (χ4n) is 9.06. The molecule has 0 bridgehead atoms. The van der Waals surface area contributed by atoms with Crippen molar-refractivity contribution in [2.45, 2.75) is 12.3 Å². The van der Waals surface area contributed by atoms with Crippen LogP contribution >= 0.6 is 0 Å². The maximum atomic E-state index is 6.72. The molecule has 0 unspecified atom stereocenters. The summed E-state index contributed by atoms with van der Waals surface area (Å²) in [6, 6.07) is 71.2. The summed E-state index contributed by atoms with van der Waals surface area (Å²) >= 11 is 0. The number of para-hydroxylation sites is 1. The van der Waals surface area contributed by atoms with Gasteiger partial charge in [0.15, 0.2) is 5.82 Å². The average Bonchev–Trinajstić information content (AvgIpc) is 3.57. The Balaban J connectivity index is 1.04. The maximum Gasteiger partial charge on any atom is 0.160 e. The smallest absolute Gasteiger partial charge is 0.160 e. The Hall–Kier alpha value is -7.36. The quantitative estimate of drug-likeness (QED) is 0.177. The van der Waals surface area contributed by atoms with Crippen LogP contribution in [0.5, 0.6) is 11.5 Å². The summed E-state index contributed by atoms with van der Waals surface area (Å²) in [4.78, 5) is 10.1. The molecule has 0 saturated carbocycles. The Kier molecular flexibility index (Phi) is 7.61. The van der Waals surface area contributed by atoms with Gasteiger partial charge in [0, 0.05) is 27.8 Å². The van der Waals surface area contributed by atoms with Gasteiger partial charge >= 0.3 is 0 Å². The summed E-state index contributed by atoms with van der Waals surface area (Å²) in [5, 5.41) is 0. The minimum Gasteiger partial charge on any atom is -0.457 e. The number of hydrogen-bond acceptors (Lipinski definition) is 3. The number of nitrogens with zero attached hydrogens (tertiary/aromatic N) is 2. The third-order valence-corrected chi connectivity index (χ3v) is 11.7. The van der Waals surface area contributed by atoms with Gasteiger partial charge in [0.2, 0.25) is 0 Å². The minimum absolute atomic E-state index is 0.510. The highest BCUT2D eigenvalue weighted by atomic mass is 16.5. The summed E-state index contributed by atoms with van der Waals surface area (Å²) in [6.45, 7) is 2.19. The first-order chi connectivity index (χ1) is 28.1. The number of ether oxygens (including phenoxy) is 1. The molecule has 9 aromatic rings. The third-order valence-electron chi connectivity index (χ3n) is 11.7. The van der Waals surface area contributed by atoms with Crippen LogP contribution in [0, 0.1) is 6.92 Å². The van der Waals surface area contributed by atoms with Gasteiger partial charge in [-0.15, -0.1) is 0 Å². The van der Waals surface area contributed by atoms with E-state index in [1.165, 1.54) is 38.9 Å². The van der Waals surface area contributed by atoms with E-state index in [-0.39, 0.29) is 0 Å². The van der Waals surface area contributed by atoms with Crippen LogP contribution in [-0.2, 0) is 5.41 Å². The highest BCUT2D eigenvalue weighted by Crippen LogP contribution is 2.62.